The summed E-state index contributed by atoms with van der Waals surface area (Å²) in [6.07, 6.45) is 21.0. The number of ether oxygens (including phenoxy) is 1. The lowest BCUT2D eigenvalue weighted by molar-refractivity contribution is -0.120. The Morgan fingerprint density at radius 2 is 1.29 bits per heavy atom. The maximum Gasteiger partial charge on any atom is 0.132 e. The molecule has 0 N–H and O–H groups in total. The van der Waals surface area contributed by atoms with Crippen LogP contribution in [0.25, 0.3) is 0 Å². The van der Waals surface area contributed by atoms with Crippen molar-refractivity contribution >= 4 is 12.1 Å². The SMILES string of the molecule is COC=C1CCCCC1.O=C1CCCCC1.O=CC1CCCCC1. The van der Waals surface area contributed by atoms with E-state index < -0.39 is 0 Å². The van der Waals surface area contributed by atoms with E-state index in [1.165, 1.54) is 63.4 Å². The molecule has 0 amide bonds. The fourth-order valence-corrected chi connectivity index (χ4v) is 3.51. The molecule has 0 heterocycles. The summed E-state index contributed by atoms with van der Waals surface area (Å²) in [4.78, 5) is 20.6. The molecule has 0 aromatic rings. The van der Waals surface area contributed by atoms with Crippen molar-refractivity contribution in [1.29, 1.82) is 0 Å². The molecule has 3 saturated carbocycles. The maximum atomic E-state index is 10.5. The van der Waals surface area contributed by atoms with Gasteiger partial charge in [0.2, 0.25) is 0 Å². The van der Waals surface area contributed by atoms with Gasteiger partial charge in [-0.15, -0.1) is 0 Å². The van der Waals surface area contributed by atoms with E-state index in [1.54, 1.807) is 7.11 Å². The van der Waals surface area contributed by atoms with Gasteiger partial charge >= 0.3 is 0 Å². The van der Waals surface area contributed by atoms with Crippen LogP contribution in [0.4, 0.5) is 0 Å². The Morgan fingerprint density at radius 1 is 0.792 bits per heavy atom. The molecule has 0 aromatic carbocycles. The van der Waals surface area contributed by atoms with E-state index in [0.29, 0.717) is 11.7 Å². The summed E-state index contributed by atoms with van der Waals surface area (Å²) in [5.41, 5.74) is 1.49. The highest BCUT2D eigenvalue weighted by molar-refractivity contribution is 5.78. The molecule has 3 rings (SSSR count). The summed E-state index contributed by atoms with van der Waals surface area (Å²) >= 11 is 0. The molecule has 3 nitrogen and oxygen atoms in total. The Kier molecular flexibility index (Phi) is 12.4. The number of carbonyl (C=O) groups is 2. The third kappa shape index (κ3) is 10.6. The standard InChI is InChI=1S/C8H14O.C7H12O.C6H10O/c1-9-7-8-5-3-2-4-6-8;8-6-7-4-2-1-3-5-7;7-6-4-2-1-3-5-6/h7H,2-6H2,1H3;6-7H,1-5H2;1-5H2. The molecule has 3 fully saturated rings. The van der Waals surface area contributed by atoms with E-state index >= 15 is 0 Å². The Balaban J connectivity index is 0.000000181. The van der Waals surface area contributed by atoms with Gasteiger partial charge in [0, 0.05) is 18.8 Å². The van der Waals surface area contributed by atoms with Crippen LogP contribution < -0.4 is 0 Å². The highest BCUT2D eigenvalue weighted by atomic mass is 16.5. The second kappa shape index (κ2) is 14.2. The largest absolute Gasteiger partial charge is 0.504 e. The van der Waals surface area contributed by atoms with Gasteiger partial charge < -0.3 is 9.53 Å². The molecule has 0 aromatic heterocycles. The number of Topliss-reactive ketones (excluding diaryl/α,β-unsaturated/α-hetero) is 1. The third-order valence-corrected chi connectivity index (χ3v) is 5.03. The van der Waals surface area contributed by atoms with Gasteiger partial charge in [-0.2, -0.15) is 0 Å². The minimum absolute atomic E-state index is 0.406. The Morgan fingerprint density at radius 3 is 1.67 bits per heavy atom. The predicted molar refractivity (Wildman–Crippen MR) is 98.9 cm³/mol. The molecule has 0 aliphatic heterocycles. The van der Waals surface area contributed by atoms with E-state index in [1.807, 2.05) is 6.26 Å². The van der Waals surface area contributed by atoms with E-state index in [0.717, 1.165) is 44.8 Å². The summed E-state index contributed by atoms with van der Waals surface area (Å²) in [5.74, 6) is 0.870. The van der Waals surface area contributed by atoms with Crippen molar-refractivity contribution in [1.82, 2.24) is 0 Å². The van der Waals surface area contributed by atoms with E-state index in [4.69, 9.17) is 4.74 Å². The average Bonchev–Trinajstić information content (AvgIpc) is 2.65. The highest BCUT2D eigenvalue weighted by Gasteiger charge is 2.10. The zero-order chi connectivity index (χ0) is 17.5. The lowest BCUT2D eigenvalue weighted by atomic mass is 9.91. The molecule has 3 aliphatic rings. The van der Waals surface area contributed by atoms with Crippen LogP contribution in [0.2, 0.25) is 0 Å². The number of hydrogen-bond donors (Lipinski definition) is 0. The van der Waals surface area contributed by atoms with Crippen LogP contribution in [-0.4, -0.2) is 19.2 Å². The number of allylic oxidation sites excluding steroid dienone is 1. The molecule has 0 spiro atoms. The first-order valence-electron chi connectivity index (χ1n) is 9.94. The van der Waals surface area contributed by atoms with Crippen molar-refractivity contribution < 1.29 is 14.3 Å². The van der Waals surface area contributed by atoms with Crippen molar-refractivity contribution in [3.8, 4) is 0 Å². The highest BCUT2D eigenvalue weighted by Crippen LogP contribution is 2.22. The van der Waals surface area contributed by atoms with Crippen molar-refractivity contribution in [2.24, 2.45) is 5.92 Å². The van der Waals surface area contributed by atoms with E-state index in [2.05, 4.69) is 0 Å². The smallest absolute Gasteiger partial charge is 0.132 e. The second-order valence-corrected chi connectivity index (χ2v) is 7.21. The maximum absolute atomic E-state index is 10.5. The molecular weight excluding hydrogens is 300 g/mol. The zero-order valence-corrected chi connectivity index (χ0v) is 15.6. The molecule has 0 unspecified atom stereocenters. The van der Waals surface area contributed by atoms with Crippen LogP contribution in [0.1, 0.15) is 96.3 Å². The number of carbonyl (C=O) groups excluding carboxylic acids is 2. The quantitative estimate of drug-likeness (QED) is 0.475. The molecule has 3 aliphatic carbocycles. The third-order valence-electron chi connectivity index (χ3n) is 5.03. The molecule has 0 radical (unpaired) electrons. The average molecular weight is 337 g/mol. The fraction of sp³-hybridized carbons (Fsp3) is 0.810. The molecule has 0 bridgehead atoms. The molecule has 138 valence electrons. The van der Waals surface area contributed by atoms with Gasteiger partial charge in [0.25, 0.3) is 0 Å². The Bertz CT molecular complexity index is 351. The summed E-state index contributed by atoms with van der Waals surface area (Å²) in [7, 11) is 1.72. The number of methoxy groups -OCH3 is 1. The predicted octanol–water partition coefficient (Wildman–Crippen LogP) is 5.77. The van der Waals surface area contributed by atoms with Crippen LogP contribution in [0.3, 0.4) is 0 Å². The Labute approximate surface area is 148 Å². The summed E-state index contributed by atoms with van der Waals surface area (Å²) < 4.78 is 4.92. The lowest BCUT2D eigenvalue weighted by Crippen LogP contribution is -2.06. The van der Waals surface area contributed by atoms with Gasteiger partial charge in [0.05, 0.1) is 13.4 Å². The lowest BCUT2D eigenvalue weighted by Gasteiger charge is -2.14. The van der Waals surface area contributed by atoms with Crippen molar-refractivity contribution in [3.05, 3.63) is 11.8 Å². The van der Waals surface area contributed by atoms with Crippen molar-refractivity contribution in [2.75, 3.05) is 7.11 Å². The Hall–Kier alpha value is -1.12. The van der Waals surface area contributed by atoms with Crippen LogP contribution in [-0.2, 0) is 14.3 Å². The topological polar surface area (TPSA) is 43.4 Å². The van der Waals surface area contributed by atoms with Gasteiger partial charge in [-0.05, 0) is 56.9 Å². The van der Waals surface area contributed by atoms with Gasteiger partial charge in [-0.3, -0.25) is 4.79 Å². The first kappa shape index (κ1) is 20.9. The number of hydrogen-bond acceptors (Lipinski definition) is 3. The van der Waals surface area contributed by atoms with Crippen LogP contribution in [0.5, 0.6) is 0 Å². The molecule has 0 saturated heterocycles. The second-order valence-electron chi connectivity index (χ2n) is 7.21. The molecule has 3 heteroatoms. The van der Waals surface area contributed by atoms with Crippen LogP contribution in [0, 0.1) is 5.92 Å². The van der Waals surface area contributed by atoms with E-state index in [-0.39, 0.29) is 0 Å². The number of aldehydes is 1. The van der Waals surface area contributed by atoms with Gasteiger partial charge in [0.15, 0.2) is 0 Å². The fourth-order valence-electron chi connectivity index (χ4n) is 3.51. The summed E-state index contributed by atoms with van der Waals surface area (Å²) in [5, 5.41) is 0. The van der Waals surface area contributed by atoms with Crippen molar-refractivity contribution in [3.63, 3.8) is 0 Å². The number of rotatable bonds is 2. The molecule has 24 heavy (non-hydrogen) atoms. The van der Waals surface area contributed by atoms with Gasteiger partial charge in [-0.1, -0.05) is 32.1 Å². The normalized spacial score (nSPS) is 21.5. The van der Waals surface area contributed by atoms with Gasteiger partial charge in [0.1, 0.15) is 12.1 Å². The van der Waals surface area contributed by atoms with Crippen LogP contribution >= 0.6 is 0 Å². The minimum atomic E-state index is 0.406. The first-order valence-corrected chi connectivity index (χ1v) is 9.94. The monoisotopic (exact) mass is 336 g/mol. The summed E-state index contributed by atoms with van der Waals surface area (Å²) in [6.45, 7) is 0. The molecule has 0 atom stereocenters. The van der Waals surface area contributed by atoms with Crippen molar-refractivity contribution in [2.45, 2.75) is 96.3 Å². The first-order chi connectivity index (χ1) is 11.8. The molecular formula is C21H36O3. The van der Waals surface area contributed by atoms with Gasteiger partial charge in [-0.25, -0.2) is 0 Å². The summed E-state index contributed by atoms with van der Waals surface area (Å²) in [6, 6.07) is 0. The van der Waals surface area contributed by atoms with E-state index in [9.17, 15) is 9.59 Å². The number of ketones is 1. The van der Waals surface area contributed by atoms with Crippen LogP contribution in [0.15, 0.2) is 11.8 Å². The zero-order valence-electron chi connectivity index (χ0n) is 15.6. The minimum Gasteiger partial charge on any atom is -0.504 e.